The molecule has 0 aromatic rings. The van der Waals surface area contributed by atoms with Crippen molar-refractivity contribution in [2.24, 2.45) is 0 Å². The van der Waals surface area contributed by atoms with Crippen LogP contribution in [0, 0.1) is 11.8 Å². The van der Waals surface area contributed by atoms with Crippen LogP contribution in [-0.2, 0) is 26.7 Å². The zero-order valence-corrected chi connectivity index (χ0v) is 14.8. The first-order valence-electron chi connectivity index (χ1n) is 8.44. The molecular formula is C18H30FeO2. The van der Waals surface area contributed by atoms with Crippen molar-refractivity contribution < 1.29 is 26.7 Å². The topological polar surface area (TPSA) is 34.1 Å². The van der Waals surface area contributed by atoms with E-state index in [2.05, 4.69) is 13.8 Å². The quantitative estimate of drug-likeness (QED) is 0.640. The predicted octanol–water partition coefficient (Wildman–Crippen LogP) is 5.01. The average Bonchev–Trinajstić information content (AvgIpc) is 3.14. The van der Waals surface area contributed by atoms with Gasteiger partial charge in [0.2, 0.25) is 0 Å². The minimum Gasteiger partial charge on any atom is -0.299 e. The van der Waals surface area contributed by atoms with E-state index in [0.717, 1.165) is 51.4 Å². The Morgan fingerprint density at radius 3 is 1.24 bits per heavy atom. The van der Waals surface area contributed by atoms with Crippen molar-refractivity contribution in [3.63, 3.8) is 0 Å². The summed E-state index contributed by atoms with van der Waals surface area (Å²) >= 11 is 0. The fourth-order valence-electron chi connectivity index (χ4n) is 2.97. The van der Waals surface area contributed by atoms with Gasteiger partial charge in [-0.25, -0.2) is 0 Å². The molecule has 0 saturated heterocycles. The van der Waals surface area contributed by atoms with Crippen LogP contribution in [0.2, 0.25) is 0 Å². The Morgan fingerprint density at radius 2 is 1.00 bits per heavy atom. The van der Waals surface area contributed by atoms with Crippen molar-refractivity contribution in [3.8, 4) is 0 Å². The Kier molecular flexibility index (Phi) is 12.3. The first-order valence-corrected chi connectivity index (χ1v) is 8.44. The van der Waals surface area contributed by atoms with Gasteiger partial charge in [-0.3, -0.25) is 9.59 Å². The van der Waals surface area contributed by atoms with Crippen LogP contribution in [0.25, 0.3) is 0 Å². The van der Waals surface area contributed by atoms with E-state index in [9.17, 15) is 9.59 Å². The van der Waals surface area contributed by atoms with Gasteiger partial charge in [0.05, 0.1) is 0 Å². The van der Waals surface area contributed by atoms with Gasteiger partial charge in [0, 0.05) is 41.7 Å². The molecule has 0 aromatic carbocycles. The van der Waals surface area contributed by atoms with E-state index in [1.165, 1.54) is 37.5 Å². The van der Waals surface area contributed by atoms with E-state index >= 15 is 0 Å². The van der Waals surface area contributed by atoms with E-state index in [4.69, 9.17) is 0 Å². The van der Waals surface area contributed by atoms with Gasteiger partial charge in [-0.15, -0.1) is 0 Å². The van der Waals surface area contributed by atoms with Crippen LogP contribution < -0.4 is 0 Å². The maximum atomic E-state index is 11.2. The van der Waals surface area contributed by atoms with Gasteiger partial charge in [-0.05, 0) is 38.5 Å². The molecule has 122 valence electrons. The fraction of sp³-hybridized carbons (Fsp3) is 0.778. The average molecular weight is 334 g/mol. The Bertz CT molecular complexity index is 260. The molecule has 3 heteroatoms. The van der Waals surface area contributed by atoms with Crippen LogP contribution in [0.5, 0.6) is 0 Å². The van der Waals surface area contributed by atoms with Crippen LogP contribution in [0.4, 0.5) is 0 Å². The molecular weight excluding hydrogens is 304 g/mol. The van der Waals surface area contributed by atoms with Crippen LogP contribution in [0.3, 0.4) is 0 Å². The van der Waals surface area contributed by atoms with Crippen LogP contribution in [-0.4, -0.2) is 11.6 Å². The van der Waals surface area contributed by atoms with Gasteiger partial charge in [0.1, 0.15) is 11.6 Å². The molecule has 0 aliphatic heterocycles. The standard InChI is InChI=1S/2C9H15O.Fe/c2*1-2-5-9(10)8-6-3-4-7-8;/h2*2-7H2,1H3;. The molecule has 21 heavy (non-hydrogen) atoms. The molecule has 2 radical (unpaired) electrons. The molecule has 2 rings (SSSR count). The Morgan fingerprint density at radius 1 is 0.714 bits per heavy atom. The largest absolute Gasteiger partial charge is 0.299 e. The van der Waals surface area contributed by atoms with E-state index in [-0.39, 0.29) is 17.1 Å². The van der Waals surface area contributed by atoms with Gasteiger partial charge in [0.25, 0.3) is 0 Å². The van der Waals surface area contributed by atoms with E-state index < -0.39 is 0 Å². The van der Waals surface area contributed by atoms with Crippen LogP contribution in [0.1, 0.15) is 90.9 Å². The maximum absolute atomic E-state index is 11.2. The summed E-state index contributed by atoms with van der Waals surface area (Å²) in [6.45, 7) is 4.13. The van der Waals surface area contributed by atoms with Gasteiger partial charge >= 0.3 is 0 Å². The SMILES string of the molecule is CCCC(=O)[C]1CCCC1.CCCC(=O)[C]1CCCC1.[Fe]. The minimum absolute atomic E-state index is 0. The summed E-state index contributed by atoms with van der Waals surface area (Å²) in [7, 11) is 0. The van der Waals surface area contributed by atoms with Gasteiger partial charge < -0.3 is 0 Å². The number of Topliss-reactive ketones (excluding diaryl/α,β-unsaturated/α-hetero) is 2. The molecule has 2 aliphatic rings. The molecule has 0 bridgehead atoms. The first kappa shape index (κ1) is 20.9. The van der Waals surface area contributed by atoms with Gasteiger partial charge in [0.15, 0.2) is 0 Å². The third kappa shape index (κ3) is 8.16. The smallest absolute Gasteiger partial charge is 0.140 e. The van der Waals surface area contributed by atoms with Crippen LogP contribution in [0.15, 0.2) is 0 Å². The molecule has 2 nitrogen and oxygen atoms in total. The predicted molar refractivity (Wildman–Crippen MR) is 83.3 cm³/mol. The third-order valence-corrected chi connectivity index (χ3v) is 4.16. The third-order valence-electron chi connectivity index (χ3n) is 4.16. The van der Waals surface area contributed by atoms with Crippen molar-refractivity contribution in [2.75, 3.05) is 0 Å². The minimum atomic E-state index is 0. The van der Waals surface area contributed by atoms with E-state index in [1.807, 2.05) is 0 Å². The number of carbonyl (C=O) groups is 2. The summed E-state index contributed by atoms with van der Waals surface area (Å²) < 4.78 is 0. The van der Waals surface area contributed by atoms with E-state index in [0.29, 0.717) is 11.6 Å². The van der Waals surface area contributed by atoms with Crippen molar-refractivity contribution in [3.05, 3.63) is 11.8 Å². The molecule has 2 aliphatic carbocycles. The summed E-state index contributed by atoms with van der Waals surface area (Å²) in [5.41, 5.74) is 0. The van der Waals surface area contributed by atoms with Crippen molar-refractivity contribution in [1.29, 1.82) is 0 Å². The number of hydrogen-bond donors (Lipinski definition) is 0. The molecule has 0 aromatic heterocycles. The zero-order chi connectivity index (χ0) is 14.8. The summed E-state index contributed by atoms with van der Waals surface area (Å²) in [6, 6.07) is 0. The first-order chi connectivity index (χ1) is 9.69. The molecule has 2 saturated carbocycles. The molecule has 2 fully saturated rings. The van der Waals surface area contributed by atoms with Crippen molar-refractivity contribution in [1.82, 2.24) is 0 Å². The summed E-state index contributed by atoms with van der Waals surface area (Å²) in [4.78, 5) is 22.4. The molecule has 0 heterocycles. The number of carbonyl (C=O) groups excluding carboxylic acids is 2. The van der Waals surface area contributed by atoms with Gasteiger partial charge in [-0.1, -0.05) is 39.5 Å². The van der Waals surface area contributed by atoms with Crippen LogP contribution >= 0.6 is 0 Å². The van der Waals surface area contributed by atoms with Crippen molar-refractivity contribution in [2.45, 2.75) is 90.9 Å². The second-order valence-corrected chi connectivity index (χ2v) is 5.97. The monoisotopic (exact) mass is 334 g/mol. The Balaban J connectivity index is 0.000000364. The zero-order valence-electron chi connectivity index (χ0n) is 13.7. The second-order valence-electron chi connectivity index (χ2n) is 5.97. The molecule has 0 unspecified atom stereocenters. The van der Waals surface area contributed by atoms with Crippen molar-refractivity contribution >= 4 is 11.6 Å². The Labute approximate surface area is 141 Å². The molecule has 0 atom stereocenters. The number of hydrogen-bond acceptors (Lipinski definition) is 2. The number of rotatable bonds is 6. The fourth-order valence-corrected chi connectivity index (χ4v) is 2.97. The Hall–Kier alpha value is -0.141. The van der Waals surface area contributed by atoms with E-state index in [1.54, 1.807) is 0 Å². The normalized spacial score (nSPS) is 18.8. The summed E-state index contributed by atoms with van der Waals surface area (Å²) in [5, 5.41) is 0. The van der Waals surface area contributed by atoms with Gasteiger partial charge in [-0.2, -0.15) is 0 Å². The molecule has 0 N–H and O–H groups in total. The maximum Gasteiger partial charge on any atom is 0.140 e. The summed E-state index contributed by atoms with van der Waals surface area (Å²) in [5.74, 6) is 3.28. The molecule has 0 amide bonds. The summed E-state index contributed by atoms with van der Waals surface area (Å²) in [6.07, 6.45) is 12.8. The molecule has 0 spiro atoms. The number of ketones is 2. The second kappa shape index (κ2) is 12.4.